The van der Waals surface area contributed by atoms with Crippen LogP contribution in [-0.4, -0.2) is 30.2 Å². The quantitative estimate of drug-likeness (QED) is 0.662. The first-order chi connectivity index (χ1) is 12.2. The van der Waals surface area contributed by atoms with E-state index in [2.05, 4.69) is 15.8 Å². The topological polar surface area (TPSA) is 93.5 Å². The van der Waals surface area contributed by atoms with Crippen LogP contribution in [0.4, 0.5) is 4.79 Å². The Labute approximate surface area is 147 Å². The predicted molar refractivity (Wildman–Crippen MR) is 92.6 cm³/mol. The molecule has 0 bridgehead atoms. The van der Waals surface area contributed by atoms with Crippen LogP contribution in [0.1, 0.15) is 10.4 Å². The molecule has 0 aliphatic heterocycles. The molecule has 0 saturated carbocycles. The molecule has 7 nitrogen and oxygen atoms in total. The molecule has 0 saturated heterocycles. The van der Waals surface area contributed by atoms with Gasteiger partial charge in [-0.1, -0.05) is 24.3 Å². The number of carbonyl (C=O) groups excluding carboxylic acids is 2. The van der Waals surface area contributed by atoms with E-state index < -0.39 is 6.09 Å². The smallest absolute Gasteiger partial charge is 0.388 e. The van der Waals surface area contributed by atoms with E-state index in [1.807, 2.05) is 23.6 Å². The number of benzene rings is 1. The lowest BCUT2D eigenvalue weighted by Crippen LogP contribution is -2.36. The standard InChI is InChI=1S/C17H15N3O4S/c21-16(12-5-2-1-3-6-12)18-8-9-19-17(22)23-15-11-13(24-20-15)14-7-4-10-25-14/h1-7,10-11H,8-9H2,(H,18,21)(H,19,22). The predicted octanol–water partition coefficient (Wildman–Crippen LogP) is 2.92. The summed E-state index contributed by atoms with van der Waals surface area (Å²) < 4.78 is 10.1. The number of hydrogen-bond acceptors (Lipinski definition) is 6. The van der Waals surface area contributed by atoms with Crippen molar-refractivity contribution in [3.8, 4) is 16.5 Å². The van der Waals surface area contributed by atoms with Gasteiger partial charge in [0.25, 0.3) is 11.8 Å². The molecule has 2 N–H and O–H groups in total. The van der Waals surface area contributed by atoms with Gasteiger partial charge in [-0.25, -0.2) is 4.79 Å². The highest BCUT2D eigenvalue weighted by molar-refractivity contribution is 7.13. The van der Waals surface area contributed by atoms with Gasteiger partial charge in [0.2, 0.25) is 0 Å². The first-order valence-electron chi connectivity index (χ1n) is 7.52. The third-order valence-electron chi connectivity index (χ3n) is 3.17. The molecule has 0 fully saturated rings. The zero-order valence-corrected chi connectivity index (χ0v) is 13.9. The van der Waals surface area contributed by atoms with Gasteiger partial charge in [-0.2, -0.15) is 0 Å². The number of nitrogens with zero attached hydrogens (tertiary/aromatic N) is 1. The Morgan fingerprint density at radius 3 is 2.64 bits per heavy atom. The molecule has 2 heterocycles. The molecule has 1 aromatic carbocycles. The normalized spacial score (nSPS) is 10.2. The summed E-state index contributed by atoms with van der Waals surface area (Å²) in [5, 5.41) is 10.8. The van der Waals surface area contributed by atoms with Gasteiger partial charge in [0.15, 0.2) is 5.76 Å². The molecule has 0 aliphatic carbocycles. The average molecular weight is 357 g/mol. The average Bonchev–Trinajstić information content (AvgIpc) is 3.31. The second kappa shape index (κ2) is 8.11. The minimum Gasteiger partial charge on any atom is -0.388 e. The molecular formula is C17H15N3O4S. The van der Waals surface area contributed by atoms with E-state index in [4.69, 9.17) is 9.26 Å². The second-order valence-electron chi connectivity index (χ2n) is 4.94. The molecular weight excluding hydrogens is 342 g/mol. The Kier molecular flexibility index (Phi) is 5.43. The Bertz CT molecular complexity index is 831. The summed E-state index contributed by atoms with van der Waals surface area (Å²) in [6.45, 7) is 0.509. The molecule has 128 valence electrons. The van der Waals surface area contributed by atoms with E-state index in [1.165, 1.54) is 11.3 Å². The number of rotatable bonds is 6. The van der Waals surface area contributed by atoms with Crippen LogP contribution in [0, 0.1) is 0 Å². The summed E-state index contributed by atoms with van der Waals surface area (Å²) in [5.74, 6) is 0.412. The van der Waals surface area contributed by atoms with E-state index >= 15 is 0 Å². The van der Waals surface area contributed by atoms with Crippen molar-refractivity contribution in [3.63, 3.8) is 0 Å². The van der Waals surface area contributed by atoms with Crippen LogP contribution in [0.5, 0.6) is 5.88 Å². The summed E-state index contributed by atoms with van der Waals surface area (Å²) >= 11 is 1.50. The molecule has 2 amide bonds. The highest BCUT2D eigenvalue weighted by atomic mass is 32.1. The summed E-state index contributed by atoms with van der Waals surface area (Å²) in [4.78, 5) is 24.4. The molecule has 0 spiro atoms. The molecule has 0 aliphatic rings. The monoisotopic (exact) mass is 357 g/mol. The first kappa shape index (κ1) is 16.7. The molecule has 2 aromatic heterocycles. The van der Waals surface area contributed by atoms with Gasteiger partial charge >= 0.3 is 6.09 Å². The maximum atomic E-state index is 11.8. The van der Waals surface area contributed by atoms with Gasteiger partial charge in [-0.3, -0.25) is 4.79 Å². The van der Waals surface area contributed by atoms with E-state index in [9.17, 15) is 9.59 Å². The largest absolute Gasteiger partial charge is 0.414 e. The van der Waals surface area contributed by atoms with E-state index in [0.717, 1.165) is 4.88 Å². The van der Waals surface area contributed by atoms with Gasteiger partial charge in [-0.05, 0) is 28.7 Å². The summed E-state index contributed by atoms with van der Waals surface area (Å²) in [5.41, 5.74) is 0.564. The summed E-state index contributed by atoms with van der Waals surface area (Å²) in [6.07, 6.45) is -0.667. The van der Waals surface area contributed by atoms with Crippen LogP contribution in [-0.2, 0) is 0 Å². The van der Waals surface area contributed by atoms with Gasteiger partial charge in [0.05, 0.1) is 10.9 Å². The summed E-state index contributed by atoms with van der Waals surface area (Å²) in [6, 6.07) is 14.1. The fourth-order valence-electron chi connectivity index (χ4n) is 2.01. The molecule has 3 rings (SSSR count). The van der Waals surface area contributed by atoms with Gasteiger partial charge in [-0.15, -0.1) is 11.3 Å². The minimum atomic E-state index is -0.667. The Morgan fingerprint density at radius 1 is 1.08 bits per heavy atom. The van der Waals surface area contributed by atoms with E-state index in [0.29, 0.717) is 11.3 Å². The lowest BCUT2D eigenvalue weighted by atomic mass is 10.2. The SMILES string of the molecule is O=C(NCCNC(=O)c1ccccc1)Oc1cc(-c2cccs2)on1. The van der Waals surface area contributed by atoms with Crippen molar-refractivity contribution < 1.29 is 18.8 Å². The van der Waals surface area contributed by atoms with Crippen molar-refractivity contribution in [2.45, 2.75) is 0 Å². The minimum absolute atomic E-state index is 0.0780. The molecule has 8 heteroatoms. The van der Waals surface area contributed by atoms with Crippen molar-refractivity contribution in [3.05, 3.63) is 59.5 Å². The number of carbonyl (C=O) groups is 2. The Morgan fingerprint density at radius 2 is 1.88 bits per heavy atom. The lowest BCUT2D eigenvalue weighted by molar-refractivity contribution is 0.0953. The van der Waals surface area contributed by atoms with Crippen molar-refractivity contribution in [1.29, 1.82) is 0 Å². The maximum Gasteiger partial charge on any atom is 0.414 e. The van der Waals surface area contributed by atoms with E-state index in [1.54, 1.807) is 30.3 Å². The van der Waals surface area contributed by atoms with Crippen LogP contribution in [0.25, 0.3) is 10.6 Å². The third kappa shape index (κ3) is 4.67. The van der Waals surface area contributed by atoms with Gasteiger partial charge in [0.1, 0.15) is 0 Å². The highest BCUT2D eigenvalue weighted by Gasteiger charge is 2.12. The fraction of sp³-hybridized carbons (Fsp3) is 0.118. The number of hydrogen-bond donors (Lipinski definition) is 2. The Balaban J connectivity index is 1.39. The molecule has 0 atom stereocenters. The van der Waals surface area contributed by atoms with E-state index in [-0.39, 0.29) is 24.9 Å². The van der Waals surface area contributed by atoms with Crippen molar-refractivity contribution in [2.24, 2.45) is 0 Å². The zero-order chi connectivity index (χ0) is 17.5. The molecule has 25 heavy (non-hydrogen) atoms. The number of ether oxygens (including phenoxy) is 1. The number of aromatic nitrogens is 1. The lowest BCUT2D eigenvalue weighted by Gasteiger charge is -2.06. The zero-order valence-electron chi connectivity index (χ0n) is 13.1. The van der Waals surface area contributed by atoms with Crippen molar-refractivity contribution in [2.75, 3.05) is 13.1 Å². The van der Waals surface area contributed by atoms with Gasteiger partial charge < -0.3 is 19.9 Å². The number of nitrogens with one attached hydrogen (secondary N) is 2. The van der Waals surface area contributed by atoms with Crippen LogP contribution in [0.15, 0.2) is 58.4 Å². The van der Waals surface area contributed by atoms with Crippen molar-refractivity contribution >= 4 is 23.3 Å². The number of thiophene rings is 1. The fourth-order valence-corrected chi connectivity index (χ4v) is 2.68. The summed E-state index contributed by atoms with van der Waals surface area (Å²) in [7, 11) is 0. The van der Waals surface area contributed by atoms with Crippen LogP contribution < -0.4 is 15.4 Å². The highest BCUT2D eigenvalue weighted by Crippen LogP contribution is 2.27. The van der Waals surface area contributed by atoms with Crippen LogP contribution in [0.2, 0.25) is 0 Å². The number of amides is 2. The molecule has 3 aromatic rings. The first-order valence-corrected chi connectivity index (χ1v) is 8.40. The third-order valence-corrected chi connectivity index (χ3v) is 4.05. The maximum absolute atomic E-state index is 11.8. The second-order valence-corrected chi connectivity index (χ2v) is 5.89. The van der Waals surface area contributed by atoms with Crippen LogP contribution in [0.3, 0.4) is 0 Å². The molecule has 0 unspecified atom stereocenters. The van der Waals surface area contributed by atoms with Gasteiger partial charge in [0, 0.05) is 18.7 Å². The van der Waals surface area contributed by atoms with Crippen molar-refractivity contribution in [1.82, 2.24) is 15.8 Å². The molecule has 0 radical (unpaired) electrons. The Hall–Kier alpha value is -3.13. The van der Waals surface area contributed by atoms with Crippen LogP contribution >= 0.6 is 11.3 Å².